The highest BCUT2D eigenvalue weighted by atomic mass is 16.3. The van der Waals surface area contributed by atoms with E-state index in [0.717, 1.165) is 66.8 Å². The summed E-state index contributed by atoms with van der Waals surface area (Å²) in [6, 6.07) is 78.0. The van der Waals surface area contributed by atoms with Crippen LogP contribution in [-0.2, 0) is 0 Å². The van der Waals surface area contributed by atoms with Crippen molar-refractivity contribution in [2.24, 2.45) is 0 Å². The minimum atomic E-state index is 0.897. The van der Waals surface area contributed by atoms with E-state index in [9.17, 15) is 0 Å². The van der Waals surface area contributed by atoms with E-state index in [2.05, 4.69) is 222 Å². The molecule has 0 aliphatic rings. The van der Waals surface area contributed by atoms with E-state index in [1.807, 2.05) is 6.07 Å². The van der Waals surface area contributed by atoms with Crippen LogP contribution in [0.4, 0.5) is 17.1 Å². The number of hydrogen-bond donors (Lipinski definition) is 0. The average Bonchev–Trinajstić information content (AvgIpc) is 3.84. The molecule has 57 heavy (non-hydrogen) atoms. The van der Waals surface area contributed by atoms with Gasteiger partial charge in [-0.1, -0.05) is 164 Å². The third kappa shape index (κ3) is 5.43. The highest BCUT2D eigenvalue weighted by Crippen LogP contribution is 2.46. The second-order valence-corrected chi connectivity index (χ2v) is 14.5. The highest BCUT2D eigenvalue weighted by Gasteiger charge is 2.23. The van der Waals surface area contributed by atoms with E-state index in [1.165, 1.54) is 33.0 Å². The predicted molar refractivity (Wildman–Crippen MR) is 239 cm³/mol. The second-order valence-electron chi connectivity index (χ2n) is 14.5. The van der Waals surface area contributed by atoms with Crippen LogP contribution in [0.25, 0.3) is 82.8 Å². The maximum atomic E-state index is 6.58. The van der Waals surface area contributed by atoms with Crippen LogP contribution in [0.2, 0.25) is 0 Å². The number of nitrogens with zero attached hydrogens (tertiary/aromatic N) is 2. The second kappa shape index (κ2) is 13.6. The van der Waals surface area contributed by atoms with E-state index in [1.54, 1.807) is 0 Å². The molecule has 268 valence electrons. The lowest BCUT2D eigenvalue weighted by atomic mass is 9.94. The molecule has 0 unspecified atom stereocenters. The van der Waals surface area contributed by atoms with E-state index in [4.69, 9.17) is 4.42 Å². The normalized spacial score (nSPS) is 11.5. The molecule has 0 spiro atoms. The summed E-state index contributed by atoms with van der Waals surface area (Å²) in [7, 11) is 0. The maximum absolute atomic E-state index is 6.58. The molecule has 0 bridgehead atoms. The van der Waals surface area contributed by atoms with Gasteiger partial charge in [0.1, 0.15) is 11.2 Å². The van der Waals surface area contributed by atoms with Crippen molar-refractivity contribution in [3.8, 4) is 39.1 Å². The van der Waals surface area contributed by atoms with Crippen molar-refractivity contribution < 1.29 is 4.42 Å². The van der Waals surface area contributed by atoms with Crippen LogP contribution in [0, 0.1) is 0 Å². The molecule has 0 saturated carbocycles. The first-order valence-corrected chi connectivity index (χ1v) is 19.4. The van der Waals surface area contributed by atoms with Crippen molar-refractivity contribution in [1.29, 1.82) is 0 Å². The lowest BCUT2D eigenvalue weighted by molar-refractivity contribution is 0.670. The van der Waals surface area contributed by atoms with Crippen molar-refractivity contribution in [3.05, 3.63) is 218 Å². The quantitative estimate of drug-likeness (QED) is 0.163. The van der Waals surface area contributed by atoms with Gasteiger partial charge in [-0.25, -0.2) is 0 Å². The summed E-state index contributed by atoms with van der Waals surface area (Å²) in [4.78, 5) is 2.40. The van der Waals surface area contributed by atoms with E-state index < -0.39 is 0 Å². The first-order valence-electron chi connectivity index (χ1n) is 19.4. The zero-order valence-corrected chi connectivity index (χ0v) is 31.1. The topological polar surface area (TPSA) is 21.3 Å². The molecule has 0 radical (unpaired) electrons. The Bertz CT molecular complexity index is 3230. The number of rotatable bonds is 7. The standard InChI is InChI=1S/C54H36N2O/c1-3-17-37(18-4-1)41-21-7-8-22-42(41)38-33-35-40(36-34-38)55(39-19-5-2-6-20-39)50-30-16-31-51-53(50)47-25-10-13-29-49(47)56(51)48-28-12-9-23-43(48)45-26-15-27-46-44-24-11-14-32-52(44)57-54(45)46/h1-36H. The Morgan fingerprint density at radius 1 is 0.351 bits per heavy atom. The summed E-state index contributed by atoms with van der Waals surface area (Å²) in [5.74, 6) is 0. The number of benzene rings is 9. The minimum Gasteiger partial charge on any atom is -0.455 e. The molecule has 0 aliphatic heterocycles. The van der Waals surface area contributed by atoms with Gasteiger partial charge in [-0.3, -0.25) is 0 Å². The number of anilines is 3. The molecule has 0 amide bonds. The Balaban J connectivity index is 1.11. The molecule has 0 atom stereocenters. The fourth-order valence-corrected chi connectivity index (χ4v) is 8.70. The van der Waals surface area contributed by atoms with Gasteiger partial charge in [0, 0.05) is 44.0 Å². The molecule has 2 aromatic heterocycles. The number of hydrogen-bond acceptors (Lipinski definition) is 2. The average molecular weight is 729 g/mol. The molecule has 0 N–H and O–H groups in total. The highest BCUT2D eigenvalue weighted by molar-refractivity contribution is 6.17. The van der Waals surface area contributed by atoms with Gasteiger partial charge in [-0.05, 0) is 76.9 Å². The summed E-state index contributed by atoms with van der Waals surface area (Å²) >= 11 is 0. The molecule has 0 fully saturated rings. The van der Waals surface area contributed by atoms with Gasteiger partial charge in [0.15, 0.2) is 0 Å². The Morgan fingerprint density at radius 2 is 0.895 bits per heavy atom. The summed E-state index contributed by atoms with van der Waals surface area (Å²) in [5.41, 5.74) is 15.5. The van der Waals surface area contributed by atoms with Crippen LogP contribution < -0.4 is 4.90 Å². The van der Waals surface area contributed by atoms with Crippen molar-refractivity contribution in [1.82, 2.24) is 4.57 Å². The molecular weight excluding hydrogens is 693 g/mol. The monoisotopic (exact) mass is 728 g/mol. The van der Waals surface area contributed by atoms with E-state index in [0.29, 0.717) is 0 Å². The third-order valence-corrected chi connectivity index (χ3v) is 11.2. The van der Waals surface area contributed by atoms with Crippen LogP contribution in [0.1, 0.15) is 0 Å². The lowest BCUT2D eigenvalue weighted by Crippen LogP contribution is -2.10. The van der Waals surface area contributed by atoms with Gasteiger partial charge < -0.3 is 13.9 Å². The summed E-state index contributed by atoms with van der Waals surface area (Å²) < 4.78 is 9.01. The molecule has 3 nitrogen and oxygen atoms in total. The molecule has 11 rings (SSSR count). The Labute approximate surface area is 330 Å². The first kappa shape index (κ1) is 32.8. The van der Waals surface area contributed by atoms with Gasteiger partial charge >= 0.3 is 0 Å². The first-order chi connectivity index (χ1) is 28.3. The predicted octanol–water partition coefficient (Wildman–Crippen LogP) is 15.2. The van der Waals surface area contributed by atoms with Crippen LogP contribution in [0.15, 0.2) is 223 Å². The zero-order chi connectivity index (χ0) is 37.7. The molecular formula is C54H36N2O. The molecule has 2 heterocycles. The summed E-state index contributed by atoms with van der Waals surface area (Å²) in [5, 5.41) is 4.62. The fraction of sp³-hybridized carbons (Fsp3) is 0. The zero-order valence-electron chi connectivity index (χ0n) is 31.1. The summed E-state index contributed by atoms with van der Waals surface area (Å²) in [6.07, 6.45) is 0. The Hall–Kier alpha value is -7.62. The van der Waals surface area contributed by atoms with Crippen molar-refractivity contribution in [2.45, 2.75) is 0 Å². The van der Waals surface area contributed by atoms with E-state index >= 15 is 0 Å². The summed E-state index contributed by atoms with van der Waals surface area (Å²) in [6.45, 7) is 0. The molecule has 9 aromatic carbocycles. The van der Waals surface area contributed by atoms with Gasteiger partial charge in [0.2, 0.25) is 0 Å². The molecule has 0 aliphatic carbocycles. The lowest BCUT2D eigenvalue weighted by Gasteiger charge is -2.27. The minimum absolute atomic E-state index is 0.897. The molecule has 0 saturated heterocycles. The molecule has 3 heteroatoms. The van der Waals surface area contributed by atoms with Gasteiger partial charge in [-0.15, -0.1) is 0 Å². The third-order valence-electron chi connectivity index (χ3n) is 11.2. The van der Waals surface area contributed by atoms with Crippen LogP contribution in [0.3, 0.4) is 0 Å². The van der Waals surface area contributed by atoms with Crippen LogP contribution >= 0.6 is 0 Å². The van der Waals surface area contributed by atoms with Crippen LogP contribution in [0.5, 0.6) is 0 Å². The maximum Gasteiger partial charge on any atom is 0.143 e. The van der Waals surface area contributed by atoms with Crippen molar-refractivity contribution in [2.75, 3.05) is 4.90 Å². The van der Waals surface area contributed by atoms with E-state index in [-0.39, 0.29) is 0 Å². The van der Waals surface area contributed by atoms with Crippen LogP contribution in [-0.4, -0.2) is 4.57 Å². The Kier molecular flexibility index (Phi) is 7.82. The van der Waals surface area contributed by atoms with Gasteiger partial charge in [0.05, 0.1) is 22.4 Å². The van der Waals surface area contributed by atoms with Gasteiger partial charge in [-0.2, -0.15) is 0 Å². The Morgan fingerprint density at radius 3 is 1.68 bits per heavy atom. The molecule has 11 aromatic rings. The van der Waals surface area contributed by atoms with Crippen molar-refractivity contribution >= 4 is 60.8 Å². The van der Waals surface area contributed by atoms with Crippen molar-refractivity contribution in [3.63, 3.8) is 0 Å². The number of para-hydroxylation sites is 5. The number of furan rings is 1. The smallest absolute Gasteiger partial charge is 0.143 e. The fourth-order valence-electron chi connectivity index (χ4n) is 8.70. The van der Waals surface area contributed by atoms with Gasteiger partial charge in [0.25, 0.3) is 0 Å². The SMILES string of the molecule is c1ccc(-c2ccccc2-c2ccc(N(c3ccccc3)c3cccc4c3c3ccccc3n4-c3ccccc3-c3cccc4c3oc3ccccc34)cc2)cc1. The number of fused-ring (bicyclic) bond motifs is 6. The largest absolute Gasteiger partial charge is 0.455 e. The number of aromatic nitrogens is 1.